The van der Waals surface area contributed by atoms with Crippen LogP contribution in [0.4, 0.5) is 23.1 Å². The molecule has 6 nitrogen and oxygen atoms in total. The molecule has 0 aliphatic rings. The SMILES string of the molecule is CCN(c1cccc(C)c1)c1cc(C)nc(Nc2ccc(C(=O)OC)cc2)n1. The molecule has 0 radical (unpaired) electrons. The van der Waals surface area contributed by atoms with Gasteiger partial charge < -0.3 is 15.0 Å². The Bertz CT molecular complexity index is 971. The highest BCUT2D eigenvalue weighted by Gasteiger charge is 2.12. The van der Waals surface area contributed by atoms with Crippen LogP contribution in [0.1, 0.15) is 28.5 Å². The summed E-state index contributed by atoms with van der Waals surface area (Å²) in [6, 6.07) is 17.3. The van der Waals surface area contributed by atoms with Crippen LogP contribution in [0.3, 0.4) is 0 Å². The molecule has 1 aromatic heterocycles. The summed E-state index contributed by atoms with van der Waals surface area (Å²) in [5.41, 5.74) is 4.45. The maximum atomic E-state index is 11.6. The van der Waals surface area contributed by atoms with Gasteiger partial charge in [-0.1, -0.05) is 12.1 Å². The number of carbonyl (C=O) groups is 1. The van der Waals surface area contributed by atoms with Crippen molar-refractivity contribution >= 4 is 29.1 Å². The predicted octanol–water partition coefficient (Wildman–Crippen LogP) is 4.78. The third kappa shape index (κ3) is 4.46. The minimum atomic E-state index is -0.364. The standard InChI is InChI=1S/C22H24N4O2/c1-5-26(19-8-6-7-15(2)13-19)20-14-16(3)23-22(25-20)24-18-11-9-17(10-12-18)21(27)28-4/h6-14H,5H2,1-4H3,(H,23,24,25). The highest BCUT2D eigenvalue weighted by atomic mass is 16.5. The van der Waals surface area contributed by atoms with Crippen molar-refractivity contribution in [2.75, 3.05) is 23.9 Å². The molecule has 0 aliphatic heterocycles. The number of hydrogen-bond donors (Lipinski definition) is 1. The van der Waals surface area contributed by atoms with Gasteiger partial charge in [0.15, 0.2) is 0 Å². The lowest BCUT2D eigenvalue weighted by atomic mass is 10.2. The van der Waals surface area contributed by atoms with Crippen molar-refractivity contribution in [1.82, 2.24) is 9.97 Å². The van der Waals surface area contributed by atoms with E-state index in [0.29, 0.717) is 11.5 Å². The van der Waals surface area contributed by atoms with E-state index in [2.05, 4.69) is 47.2 Å². The van der Waals surface area contributed by atoms with E-state index in [9.17, 15) is 4.79 Å². The highest BCUT2D eigenvalue weighted by molar-refractivity contribution is 5.89. The van der Waals surface area contributed by atoms with Crippen LogP contribution >= 0.6 is 0 Å². The molecule has 0 atom stereocenters. The zero-order valence-corrected chi connectivity index (χ0v) is 16.6. The largest absolute Gasteiger partial charge is 0.465 e. The summed E-state index contributed by atoms with van der Waals surface area (Å²) in [5.74, 6) is 0.971. The van der Waals surface area contributed by atoms with E-state index in [1.165, 1.54) is 12.7 Å². The molecule has 2 aromatic carbocycles. The van der Waals surface area contributed by atoms with Gasteiger partial charge in [0, 0.05) is 29.7 Å². The van der Waals surface area contributed by atoms with Crippen LogP contribution in [0.5, 0.6) is 0 Å². The van der Waals surface area contributed by atoms with Crippen LogP contribution in [0.15, 0.2) is 54.6 Å². The lowest BCUT2D eigenvalue weighted by Gasteiger charge is -2.23. The first-order chi connectivity index (χ1) is 13.5. The second kappa shape index (κ2) is 8.52. The molecule has 3 aromatic rings. The Morgan fingerprint density at radius 2 is 1.82 bits per heavy atom. The number of aryl methyl sites for hydroxylation is 2. The minimum absolute atomic E-state index is 0.364. The number of nitrogens with one attached hydrogen (secondary N) is 1. The number of ether oxygens (including phenoxy) is 1. The fourth-order valence-electron chi connectivity index (χ4n) is 2.96. The molecule has 0 spiro atoms. The van der Waals surface area contributed by atoms with Gasteiger partial charge in [0.25, 0.3) is 0 Å². The third-order valence-electron chi connectivity index (χ3n) is 4.31. The molecule has 28 heavy (non-hydrogen) atoms. The third-order valence-corrected chi connectivity index (χ3v) is 4.31. The van der Waals surface area contributed by atoms with Gasteiger partial charge in [-0.3, -0.25) is 0 Å². The van der Waals surface area contributed by atoms with Gasteiger partial charge in [0.05, 0.1) is 12.7 Å². The molecule has 0 unspecified atom stereocenters. The van der Waals surface area contributed by atoms with Gasteiger partial charge in [0.2, 0.25) is 5.95 Å². The number of esters is 1. The predicted molar refractivity (Wildman–Crippen MR) is 112 cm³/mol. The number of anilines is 4. The van der Waals surface area contributed by atoms with Gasteiger partial charge in [0.1, 0.15) is 5.82 Å². The summed E-state index contributed by atoms with van der Waals surface area (Å²) in [6.07, 6.45) is 0. The zero-order valence-electron chi connectivity index (χ0n) is 16.6. The quantitative estimate of drug-likeness (QED) is 0.625. The van der Waals surface area contributed by atoms with E-state index >= 15 is 0 Å². The van der Waals surface area contributed by atoms with Crippen molar-refractivity contribution < 1.29 is 9.53 Å². The van der Waals surface area contributed by atoms with Gasteiger partial charge in [-0.2, -0.15) is 4.98 Å². The van der Waals surface area contributed by atoms with E-state index < -0.39 is 0 Å². The Morgan fingerprint density at radius 3 is 2.46 bits per heavy atom. The number of benzene rings is 2. The lowest BCUT2D eigenvalue weighted by Crippen LogP contribution is -2.18. The van der Waals surface area contributed by atoms with E-state index in [0.717, 1.165) is 29.4 Å². The molecule has 144 valence electrons. The first-order valence-electron chi connectivity index (χ1n) is 9.15. The van der Waals surface area contributed by atoms with Crippen molar-refractivity contribution in [1.29, 1.82) is 0 Å². The fourth-order valence-corrected chi connectivity index (χ4v) is 2.96. The summed E-state index contributed by atoms with van der Waals surface area (Å²) in [7, 11) is 1.37. The molecule has 0 fully saturated rings. The average Bonchev–Trinajstić information content (AvgIpc) is 2.68. The summed E-state index contributed by atoms with van der Waals surface area (Å²) in [5, 5.41) is 3.21. The average molecular weight is 376 g/mol. The smallest absolute Gasteiger partial charge is 0.337 e. The summed E-state index contributed by atoms with van der Waals surface area (Å²) >= 11 is 0. The molecule has 0 saturated carbocycles. The molecule has 1 N–H and O–H groups in total. The highest BCUT2D eigenvalue weighted by Crippen LogP contribution is 2.26. The van der Waals surface area contributed by atoms with Crippen molar-refractivity contribution in [2.45, 2.75) is 20.8 Å². The zero-order chi connectivity index (χ0) is 20.1. The summed E-state index contributed by atoms with van der Waals surface area (Å²) < 4.78 is 4.73. The van der Waals surface area contributed by atoms with Crippen LogP contribution in [-0.4, -0.2) is 29.6 Å². The van der Waals surface area contributed by atoms with Crippen LogP contribution in [0.2, 0.25) is 0 Å². The fraction of sp³-hybridized carbons (Fsp3) is 0.227. The Labute approximate surface area is 165 Å². The minimum Gasteiger partial charge on any atom is -0.465 e. The number of methoxy groups -OCH3 is 1. The normalized spacial score (nSPS) is 10.4. The van der Waals surface area contributed by atoms with Crippen LogP contribution in [-0.2, 0) is 4.74 Å². The first-order valence-corrected chi connectivity index (χ1v) is 9.15. The Balaban J connectivity index is 1.87. The van der Waals surface area contributed by atoms with Gasteiger partial charge in [-0.25, -0.2) is 9.78 Å². The number of hydrogen-bond acceptors (Lipinski definition) is 6. The van der Waals surface area contributed by atoms with E-state index in [1.807, 2.05) is 19.1 Å². The van der Waals surface area contributed by atoms with E-state index in [-0.39, 0.29) is 5.97 Å². The molecule has 0 aliphatic carbocycles. The molecule has 1 heterocycles. The number of nitrogens with zero attached hydrogens (tertiary/aromatic N) is 3. The first kappa shape index (κ1) is 19.4. The van der Waals surface area contributed by atoms with E-state index in [1.54, 1.807) is 24.3 Å². The molecule has 0 amide bonds. The molecule has 0 saturated heterocycles. The Morgan fingerprint density at radius 1 is 1.07 bits per heavy atom. The Hall–Kier alpha value is -3.41. The van der Waals surface area contributed by atoms with Crippen molar-refractivity contribution in [3.05, 3.63) is 71.4 Å². The van der Waals surface area contributed by atoms with E-state index in [4.69, 9.17) is 9.72 Å². The number of rotatable bonds is 6. The number of carbonyl (C=O) groups excluding carboxylic acids is 1. The van der Waals surface area contributed by atoms with Crippen molar-refractivity contribution in [3.8, 4) is 0 Å². The summed E-state index contributed by atoms with van der Waals surface area (Å²) in [4.78, 5) is 22.9. The van der Waals surface area contributed by atoms with Gasteiger partial charge in [-0.15, -0.1) is 0 Å². The molecular formula is C22H24N4O2. The van der Waals surface area contributed by atoms with Crippen LogP contribution in [0.25, 0.3) is 0 Å². The Kier molecular flexibility index (Phi) is 5.89. The maximum Gasteiger partial charge on any atom is 0.337 e. The second-order valence-corrected chi connectivity index (χ2v) is 6.47. The summed E-state index contributed by atoms with van der Waals surface area (Å²) in [6.45, 7) is 6.90. The van der Waals surface area contributed by atoms with Crippen molar-refractivity contribution in [3.63, 3.8) is 0 Å². The van der Waals surface area contributed by atoms with Crippen LogP contribution in [0, 0.1) is 13.8 Å². The van der Waals surface area contributed by atoms with Crippen LogP contribution < -0.4 is 10.2 Å². The topological polar surface area (TPSA) is 67.4 Å². The maximum absolute atomic E-state index is 11.6. The monoisotopic (exact) mass is 376 g/mol. The van der Waals surface area contributed by atoms with Gasteiger partial charge >= 0.3 is 5.97 Å². The molecular weight excluding hydrogens is 352 g/mol. The molecule has 0 bridgehead atoms. The van der Waals surface area contributed by atoms with Crippen molar-refractivity contribution in [2.24, 2.45) is 0 Å². The number of aromatic nitrogens is 2. The molecule has 6 heteroatoms. The van der Waals surface area contributed by atoms with Gasteiger partial charge in [-0.05, 0) is 62.7 Å². The molecule has 3 rings (SSSR count). The second-order valence-electron chi connectivity index (χ2n) is 6.47. The lowest BCUT2D eigenvalue weighted by molar-refractivity contribution is 0.0601.